The maximum absolute atomic E-state index is 12.2. The van der Waals surface area contributed by atoms with E-state index in [1.807, 2.05) is 0 Å². The number of benzene rings is 1. The second-order valence-electron chi connectivity index (χ2n) is 3.91. The molecule has 100 valence electrons. The van der Waals surface area contributed by atoms with Crippen LogP contribution in [0.4, 0.5) is 12.9 Å². The van der Waals surface area contributed by atoms with Gasteiger partial charge in [-0.2, -0.15) is 0 Å². The molecule has 1 rings (SSSR count). The Morgan fingerprint density at radius 2 is 1.83 bits per heavy atom. The van der Waals surface area contributed by atoms with Crippen molar-refractivity contribution < 1.29 is 22.4 Å². The van der Waals surface area contributed by atoms with Crippen LogP contribution in [0.15, 0.2) is 36.3 Å². The molecule has 0 heterocycles. The van der Waals surface area contributed by atoms with Gasteiger partial charge in [-0.1, -0.05) is 12.1 Å². The lowest BCUT2D eigenvalue weighted by Gasteiger charge is -2.18. The van der Waals surface area contributed by atoms with Gasteiger partial charge in [-0.25, -0.2) is 0 Å². The maximum atomic E-state index is 12.2. The fourth-order valence-electron chi connectivity index (χ4n) is 1.24. The molecule has 0 spiro atoms. The molecule has 0 N–H and O–H groups in total. The minimum Gasteiger partial charge on any atom is -0.492 e. The Labute approximate surface area is 104 Å². The summed E-state index contributed by atoms with van der Waals surface area (Å²) in [5, 5.41) is 0. The Hall–Kier alpha value is -1.43. The summed E-state index contributed by atoms with van der Waals surface area (Å²) in [5.74, 6) is 0.400. The van der Waals surface area contributed by atoms with Crippen molar-refractivity contribution in [3.63, 3.8) is 0 Å². The van der Waals surface area contributed by atoms with E-state index in [1.54, 1.807) is 31.4 Å². The predicted molar refractivity (Wildman–Crippen MR) is 65.7 cm³/mol. The molecule has 1 aromatic rings. The molecule has 0 aliphatic carbocycles. The van der Waals surface area contributed by atoms with Crippen molar-refractivity contribution in [2.75, 3.05) is 20.3 Å². The van der Waals surface area contributed by atoms with Crippen molar-refractivity contribution in [2.45, 2.75) is 6.42 Å². The zero-order valence-corrected chi connectivity index (χ0v) is 10.2. The molecule has 6 heteroatoms. The zero-order valence-electron chi connectivity index (χ0n) is 10.2. The van der Waals surface area contributed by atoms with Crippen molar-refractivity contribution >= 4 is 6.98 Å². The van der Waals surface area contributed by atoms with Crippen LogP contribution >= 0.6 is 0 Å². The topological polar surface area (TPSA) is 18.5 Å². The summed E-state index contributed by atoms with van der Waals surface area (Å²) in [6.07, 6.45) is 0.759. The normalized spacial score (nSPS) is 11.3. The number of methoxy groups -OCH3 is 1. The van der Waals surface area contributed by atoms with Gasteiger partial charge in [0.25, 0.3) is 0 Å². The third-order valence-corrected chi connectivity index (χ3v) is 2.41. The lowest BCUT2D eigenvalue weighted by atomic mass is 9.81. The van der Waals surface area contributed by atoms with E-state index in [0.717, 1.165) is 12.0 Å². The molecule has 2 nitrogen and oxygen atoms in total. The van der Waals surface area contributed by atoms with Gasteiger partial charge < -0.3 is 22.4 Å². The summed E-state index contributed by atoms with van der Waals surface area (Å²) in [6, 6.07) is 6.88. The Kier molecular flexibility index (Phi) is 5.28. The van der Waals surface area contributed by atoms with Crippen LogP contribution in [0.1, 0.15) is 5.56 Å². The molecule has 0 radical (unpaired) electrons. The first-order valence-corrected chi connectivity index (χ1v) is 5.52. The van der Waals surface area contributed by atoms with Gasteiger partial charge in [0.15, 0.2) is 0 Å². The second-order valence-corrected chi connectivity index (χ2v) is 3.91. The summed E-state index contributed by atoms with van der Waals surface area (Å²) < 4.78 is 46.6. The number of halogens is 3. The Morgan fingerprint density at radius 1 is 1.22 bits per heavy atom. The minimum atomic E-state index is -5.02. The smallest absolute Gasteiger partial charge is 0.492 e. The van der Waals surface area contributed by atoms with Gasteiger partial charge in [-0.15, -0.1) is 12.1 Å². The highest BCUT2D eigenvalue weighted by Crippen LogP contribution is 2.20. The third-order valence-electron chi connectivity index (χ3n) is 2.41. The SMILES string of the molecule is C=C(COc1ccc(CCOC)cc1)[B-](F)(F)F. The van der Waals surface area contributed by atoms with Crippen LogP contribution < -0.4 is 4.74 Å². The Balaban J connectivity index is 2.46. The number of hydrogen-bond acceptors (Lipinski definition) is 2. The molecule has 0 unspecified atom stereocenters. The number of rotatable bonds is 7. The summed E-state index contributed by atoms with van der Waals surface area (Å²) in [6.45, 7) is -1.98. The van der Waals surface area contributed by atoms with E-state index in [0.29, 0.717) is 12.4 Å². The van der Waals surface area contributed by atoms with Crippen molar-refractivity contribution in [1.29, 1.82) is 0 Å². The van der Waals surface area contributed by atoms with Crippen molar-refractivity contribution in [1.82, 2.24) is 0 Å². The van der Waals surface area contributed by atoms with E-state index < -0.39 is 19.1 Å². The highest BCUT2D eigenvalue weighted by molar-refractivity contribution is 6.66. The molecule has 0 aromatic heterocycles. The molecule has 0 amide bonds. The average Bonchev–Trinajstić information content (AvgIpc) is 2.33. The van der Waals surface area contributed by atoms with Crippen LogP contribution in [0.2, 0.25) is 0 Å². The summed E-state index contributed by atoms with van der Waals surface area (Å²) in [4.78, 5) is 0. The van der Waals surface area contributed by atoms with Crippen LogP contribution in [0, 0.1) is 0 Å². The minimum absolute atomic E-state index is 0.400. The fourth-order valence-corrected chi connectivity index (χ4v) is 1.24. The first-order valence-electron chi connectivity index (χ1n) is 5.52. The molecular weight excluding hydrogens is 244 g/mol. The van der Waals surface area contributed by atoms with Gasteiger partial charge in [-0.3, -0.25) is 0 Å². The molecular formula is C12H15BF3O2-. The standard InChI is InChI=1S/C12H15BF3O2/c1-10(13(14,15)16)9-18-12-5-3-11(4-6-12)7-8-17-2/h3-6H,1,7-9H2,2H3/q-1. The summed E-state index contributed by atoms with van der Waals surface area (Å²) >= 11 is 0. The van der Waals surface area contributed by atoms with E-state index in [2.05, 4.69) is 6.58 Å². The van der Waals surface area contributed by atoms with Gasteiger partial charge in [0, 0.05) is 7.11 Å². The van der Waals surface area contributed by atoms with Gasteiger partial charge in [-0.05, 0) is 24.1 Å². The molecule has 0 atom stereocenters. The third kappa shape index (κ3) is 4.83. The molecule has 0 aliphatic heterocycles. The Bertz CT molecular complexity index is 387. The van der Waals surface area contributed by atoms with Crippen LogP contribution in [0.25, 0.3) is 0 Å². The molecule has 0 bridgehead atoms. The van der Waals surface area contributed by atoms with Gasteiger partial charge in [0.1, 0.15) is 5.75 Å². The van der Waals surface area contributed by atoms with Crippen molar-refractivity contribution in [3.8, 4) is 5.75 Å². The number of hydrogen-bond donors (Lipinski definition) is 0. The predicted octanol–water partition coefficient (Wildman–Crippen LogP) is 3.20. The first kappa shape index (κ1) is 14.6. The highest BCUT2D eigenvalue weighted by Gasteiger charge is 2.26. The van der Waals surface area contributed by atoms with E-state index in [-0.39, 0.29) is 0 Å². The molecule has 18 heavy (non-hydrogen) atoms. The summed E-state index contributed by atoms with van der Waals surface area (Å²) in [7, 11) is 1.61. The Morgan fingerprint density at radius 3 is 2.33 bits per heavy atom. The quantitative estimate of drug-likeness (QED) is 0.700. The van der Waals surface area contributed by atoms with Crippen LogP contribution in [0.5, 0.6) is 5.75 Å². The lowest BCUT2D eigenvalue weighted by Crippen LogP contribution is -2.23. The van der Waals surface area contributed by atoms with Crippen LogP contribution in [0.3, 0.4) is 0 Å². The van der Waals surface area contributed by atoms with E-state index in [9.17, 15) is 12.9 Å². The largest absolute Gasteiger partial charge is 0.508 e. The number of ether oxygens (including phenoxy) is 2. The maximum Gasteiger partial charge on any atom is 0.508 e. The summed E-state index contributed by atoms with van der Waals surface area (Å²) in [5.41, 5.74) is 0.210. The van der Waals surface area contributed by atoms with Crippen molar-refractivity contribution in [3.05, 3.63) is 41.9 Å². The lowest BCUT2D eigenvalue weighted by molar-refractivity contribution is 0.202. The highest BCUT2D eigenvalue weighted by atomic mass is 19.4. The molecule has 1 aromatic carbocycles. The van der Waals surface area contributed by atoms with E-state index in [4.69, 9.17) is 9.47 Å². The van der Waals surface area contributed by atoms with Crippen LogP contribution in [-0.4, -0.2) is 27.3 Å². The van der Waals surface area contributed by atoms with E-state index >= 15 is 0 Å². The van der Waals surface area contributed by atoms with Gasteiger partial charge in [0.2, 0.25) is 0 Å². The molecule has 0 saturated heterocycles. The van der Waals surface area contributed by atoms with E-state index in [1.165, 1.54) is 0 Å². The molecule has 0 aliphatic rings. The first-order chi connectivity index (χ1) is 8.43. The average molecular weight is 259 g/mol. The molecule has 0 saturated carbocycles. The monoisotopic (exact) mass is 259 g/mol. The molecule has 0 fully saturated rings. The van der Waals surface area contributed by atoms with Gasteiger partial charge >= 0.3 is 6.98 Å². The van der Waals surface area contributed by atoms with Crippen LogP contribution in [-0.2, 0) is 11.2 Å². The second kappa shape index (κ2) is 6.49. The van der Waals surface area contributed by atoms with Crippen molar-refractivity contribution in [2.24, 2.45) is 0 Å². The fraction of sp³-hybridized carbons (Fsp3) is 0.333. The zero-order chi connectivity index (χ0) is 13.6. The van der Waals surface area contributed by atoms with Gasteiger partial charge in [0.05, 0.1) is 13.2 Å².